The third-order valence-electron chi connectivity index (χ3n) is 2.03. The van der Waals surface area contributed by atoms with Gasteiger partial charge >= 0.3 is 0 Å². The molecule has 0 spiro atoms. The normalized spacial score (nSPS) is 10.3. The lowest BCUT2D eigenvalue weighted by atomic mass is 10.3. The van der Waals surface area contributed by atoms with Crippen LogP contribution < -0.4 is 5.32 Å². The van der Waals surface area contributed by atoms with Crippen molar-refractivity contribution in [1.29, 1.82) is 0 Å². The van der Waals surface area contributed by atoms with Crippen LogP contribution in [0.2, 0.25) is 5.02 Å². The van der Waals surface area contributed by atoms with Gasteiger partial charge in [-0.05, 0) is 34.1 Å². The number of halogens is 2. The van der Waals surface area contributed by atoms with Crippen molar-refractivity contribution in [3.8, 4) is 5.69 Å². The molecule has 0 amide bonds. The number of rotatable bonds is 2. The minimum atomic E-state index is 0.698. The van der Waals surface area contributed by atoms with E-state index in [0.29, 0.717) is 5.02 Å². The van der Waals surface area contributed by atoms with Crippen LogP contribution in [-0.4, -0.2) is 16.6 Å². The van der Waals surface area contributed by atoms with Gasteiger partial charge in [-0.15, -0.1) is 0 Å². The fraction of sp³-hybridized carbons (Fsp3) is 0.100. The Labute approximate surface area is 101 Å². The summed E-state index contributed by atoms with van der Waals surface area (Å²) in [6.07, 6.45) is 3.61. The van der Waals surface area contributed by atoms with Crippen molar-refractivity contribution in [1.82, 2.24) is 9.55 Å². The lowest BCUT2D eigenvalue weighted by Crippen LogP contribution is -2.01. The minimum Gasteiger partial charge on any atom is -0.358 e. The first-order valence-corrected chi connectivity index (χ1v) is 5.56. The summed E-state index contributed by atoms with van der Waals surface area (Å²) in [6, 6.07) is 5.64. The molecule has 0 atom stereocenters. The Hall–Kier alpha value is -1.000. The van der Waals surface area contributed by atoms with Crippen LogP contribution in [0.25, 0.3) is 5.69 Å². The van der Waals surface area contributed by atoms with E-state index in [9.17, 15) is 0 Å². The Morgan fingerprint density at radius 1 is 1.47 bits per heavy atom. The summed E-state index contributed by atoms with van der Waals surface area (Å²) < 4.78 is 2.90. The molecule has 1 aromatic carbocycles. The number of nitrogens with zero attached hydrogens (tertiary/aromatic N) is 2. The lowest BCUT2D eigenvalue weighted by molar-refractivity contribution is 1.05. The van der Waals surface area contributed by atoms with Gasteiger partial charge in [0.15, 0.2) is 0 Å². The molecule has 1 heterocycles. The molecule has 15 heavy (non-hydrogen) atoms. The van der Waals surface area contributed by atoms with E-state index in [0.717, 1.165) is 16.1 Å². The number of aromatic nitrogens is 2. The maximum Gasteiger partial charge on any atom is 0.207 e. The van der Waals surface area contributed by atoms with Crippen LogP contribution in [0.4, 0.5) is 5.95 Å². The van der Waals surface area contributed by atoms with E-state index in [-0.39, 0.29) is 0 Å². The molecule has 78 valence electrons. The zero-order chi connectivity index (χ0) is 10.8. The van der Waals surface area contributed by atoms with E-state index in [1.807, 2.05) is 36.0 Å². The van der Waals surface area contributed by atoms with Crippen molar-refractivity contribution < 1.29 is 0 Å². The lowest BCUT2D eigenvalue weighted by Gasteiger charge is -2.09. The van der Waals surface area contributed by atoms with Crippen molar-refractivity contribution in [2.24, 2.45) is 0 Å². The summed E-state index contributed by atoms with van der Waals surface area (Å²) in [7, 11) is 1.83. The standard InChI is InChI=1S/C10H9BrClN3/c1-13-10-14-4-5-15(10)9-6-7(12)2-3-8(9)11/h2-6H,1H3,(H,13,14). The van der Waals surface area contributed by atoms with E-state index < -0.39 is 0 Å². The van der Waals surface area contributed by atoms with Crippen LogP contribution in [0.15, 0.2) is 35.1 Å². The molecule has 0 radical (unpaired) electrons. The molecule has 1 N–H and O–H groups in total. The maximum atomic E-state index is 5.95. The molecule has 0 fully saturated rings. The highest BCUT2D eigenvalue weighted by Crippen LogP contribution is 2.26. The highest BCUT2D eigenvalue weighted by atomic mass is 79.9. The van der Waals surface area contributed by atoms with Gasteiger partial charge in [0.05, 0.1) is 5.69 Å². The Morgan fingerprint density at radius 2 is 2.27 bits per heavy atom. The summed E-state index contributed by atoms with van der Waals surface area (Å²) in [5.41, 5.74) is 0.962. The largest absolute Gasteiger partial charge is 0.358 e. The van der Waals surface area contributed by atoms with Gasteiger partial charge in [0.1, 0.15) is 0 Å². The Kier molecular flexibility index (Phi) is 2.98. The van der Waals surface area contributed by atoms with E-state index in [2.05, 4.69) is 26.2 Å². The SMILES string of the molecule is CNc1nccn1-c1cc(Cl)ccc1Br. The second-order valence-electron chi connectivity index (χ2n) is 2.97. The Morgan fingerprint density at radius 3 is 3.00 bits per heavy atom. The molecule has 5 heteroatoms. The number of hydrogen-bond acceptors (Lipinski definition) is 2. The maximum absolute atomic E-state index is 5.95. The summed E-state index contributed by atoms with van der Waals surface area (Å²) >= 11 is 9.43. The minimum absolute atomic E-state index is 0.698. The van der Waals surface area contributed by atoms with Crippen molar-refractivity contribution in [3.63, 3.8) is 0 Å². The highest BCUT2D eigenvalue weighted by Gasteiger charge is 2.07. The third kappa shape index (κ3) is 2.01. The zero-order valence-electron chi connectivity index (χ0n) is 8.04. The fourth-order valence-electron chi connectivity index (χ4n) is 1.35. The molecule has 0 unspecified atom stereocenters. The average molecular weight is 287 g/mol. The van der Waals surface area contributed by atoms with Gasteiger partial charge in [-0.25, -0.2) is 4.98 Å². The molecule has 3 nitrogen and oxygen atoms in total. The summed E-state index contributed by atoms with van der Waals surface area (Å²) in [5.74, 6) is 0.776. The zero-order valence-corrected chi connectivity index (χ0v) is 10.4. The van der Waals surface area contributed by atoms with Crippen LogP contribution in [0.5, 0.6) is 0 Å². The van der Waals surface area contributed by atoms with Crippen LogP contribution >= 0.6 is 27.5 Å². The molecule has 1 aromatic heterocycles. The van der Waals surface area contributed by atoms with E-state index in [4.69, 9.17) is 11.6 Å². The van der Waals surface area contributed by atoms with Gasteiger partial charge in [-0.3, -0.25) is 4.57 Å². The topological polar surface area (TPSA) is 29.9 Å². The molecule has 0 aliphatic carbocycles. The first-order chi connectivity index (χ1) is 7.22. The monoisotopic (exact) mass is 285 g/mol. The molecule has 2 aromatic rings. The van der Waals surface area contributed by atoms with Gasteiger partial charge in [0.25, 0.3) is 0 Å². The second kappa shape index (κ2) is 4.24. The molecule has 0 aliphatic heterocycles. The summed E-state index contributed by atoms with van der Waals surface area (Å²) in [5, 5.41) is 3.71. The molecule has 0 saturated heterocycles. The molecular formula is C10H9BrClN3. The molecule has 2 rings (SSSR count). The quantitative estimate of drug-likeness (QED) is 0.918. The number of anilines is 1. The van der Waals surface area contributed by atoms with Crippen LogP contribution in [-0.2, 0) is 0 Å². The second-order valence-corrected chi connectivity index (χ2v) is 4.26. The average Bonchev–Trinajstić information content (AvgIpc) is 2.69. The highest BCUT2D eigenvalue weighted by molar-refractivity contribution is 9.10. The van der Waals surface area contributed by atoms with E-state index in [1.165, 1.54) is 0 Å². The van der Waals surface area contributed by atoms with Gasteiger partial charge < -0.3 is 5.32 Å². The fourth-order valence-corrected chi connectivity index (χ4v) is 1.96. The van der Waals surface area contributed by atoms with Crippen LogP contribution in [0.3, 0.4) is 0 Å². The first kappa shape index (κ1) is 10.5. The number of imidazole rings is 1. The predicted molar refractivity (Wildman–Crippen MR) is 65.8 cm³/mol. The van der Waals surface area contributed by atoms with Crippen LogP contribution in [0.1, 0.15) is 0 Å². The molecular weight excluding hydrogens is 277 g/mol. The number of hydrogen-bond donors (Lipinski definition) is 1. The van der Waals surface area contributed by atoms with Gasteiger partial charge in [0.2, 0.25) is 5.95 Å². The number of benzene rings is 1. The number of nitrogens with one attached hydrogen (secondary N) is 1. The van der Waals surface area contributed by atoms with Crippen molar-refractivity contribution >= 4 is 33.5 Å². The predicted octanol–water partition coefficient (Wildman–Crippen LogP) is 3.33. The van der Waals surface area contributed by atoms with E-state index in [1.54, 1.807) is 6.20 Å². The Bertz CT molecular complexity index is 481. The van der Waals surface area contributed by atoms with E-state index >= 15 is 0 Å². The van der Waals surface area contributed by atoms with Crippen molar-refractivity contribution in [2.45, 2.75) is 0 Å². The summed E-state index contributed by atoms with van der Waals surface area (Å²) in [4.78, 5) is 4.17. The van der Waals surface area contributed by atoms with Crippen LogP contribution in [0, 0.1) is 0 Å². The van der Waals surface area contributed by atoms with Gasteiger partial charge in [-0.2, -0.15) is 0 Å². The molecule has 0 aliphatic rings. The van der Waals surface area contributed by atoms with Crippen molar-refractivity contribution in [2.75, 3.05) is 12.4 Å². The van der Waals surface area contributed by atoms with Crippen molar-refractivity contribution in [3.05, 3.63) is 40.1 Å². The molecule has 0 bridgehead atoms. The first-order valence-electron chi connectivity index (χ1n) is 4.39. The van der Waals surface area contributed by atoms with Gasteiger partial charge in [0, 0.05) is 28.9 Å². The smallest absolute Gasteiger partial charge is 0.207 e. The third-order valence-corrected chi connectivity index (χ3v) is 2.94. The van der Waals surface area contributed by atoms with Gasteiger partial charge in [-0.1, -0.05) is 11.6 Å². The molecule has 0 saturated carbocycles. The Balaban J connectivity index is 2.58. The summed E-state index contributed by atoms with van der Waals surface area (Å²) in [6.45, 7) is 0.